The van der Waals surface area contributed by atoms with Gasteiger partial charge in [-0.05, 0) is 31.2 Å². The van der Waals surface area contributed by atoms with Gasteiger partial charge in [-0.3, -0.25) is 9.79 Å². The van der Waals surface area contributed by atoms with Crippen molar-refractivity contribution in [1.29, 1.82) is 0 Å². The summed E-state index contributed by atoms with van der Waals surface area (Å²) in [4.78, 5) is 16.1. The van der Waals surface area contributed by atoms with Gasteiger partial charge in [0.2, 0.25) is 0 Å². The van der Waals surface area contributed by atoms with Gasteiger partial charge in [0.05, 0.1) is 13.7 Å². The van der Waals surface area contributed by atoms with Crippen LogP contribution in [0.3, 0.4) is 0 Å². The lowest BCUT2D eigenvalue weighted by Gasteiger charge is -2.17. The van der Waals surface area contributed by atoms with Crippen molar-refractivity contribution in [2.75, 3.05) is 41.0 Å². The Bertz CT molecular complexity index is 503. The summed E-state index contributed by atoms with van der Waals surface area (Å²) < 4.78 is 10.1. The predicted molar refractivity (Wildman–Crippen MR) is 91.2 cm³/mol. The standard InChI is InChI=1S/C16H26N4O3/c1-12(11-22-3)20-16(17-2)19-10-9-18-15(21)13-5-7-14(23-4)8-6-13/h5-8,12H,9-11H2,1-4H3,(H,18,21)(H2,17,19,20). The summed E-state index contributed by atoms with van der Waals surface area (Å²) in [6.45, 7) is 3.65. The molecule has 1 aromatic rings. The Balaban J connectivity index is 2.31. The van der Waals surface area contributed by atoms with Gasteiger partial charge in [0.15, 0.2) is 5.96 Å². The van der Waals surface area contributed by atoms with Gasteiger partial charge in [-0.1, -0.05) is 0 Å². The molecule has 0 fully saturated rings. The second-order valence-corrected chi connectivity index (χ2v) is 4.98. The number of ether oxygens (including phenoxy) is 2. The zero-order valence-electron chi connectivity index (χ0n) is 14.2. The number of nitrogens with zero attached hydrogens (tertiary/aromatic N) is 1. The molecule has 7 nitrogen and oxygen atoms in total. The Hall–Kier alpha value is -2.28. The van der Waals surface area contributed by atoms with E-state index in [1.165, 1.54) is 0 Å². The van der Waals surface area contributed by atoms with Gasteiger partial charge in [0, 0.05) is 38.9 Å². The quantitative estimate of drug-likeness (QED) is 0.371. The van der Waals surface area contributed by atoms with Crippen LogP contribution in [-0.4, -0.2) is 58.9 Å². The van der Waals surface area contributed by atoms with Crippen molar-refractivity contribution in [3.8, 4) is 5.75 Å². The second-order valence-electron chi connectivity index (χ2n) is 4.98. The number of carbonyl (C=O) groups excluding carboxylic acids is 1. The van der Waals surface area contributed by atoms with E-state index in [-0.39, 0.29) is 11.9 Å². The molecule has 1 unspecified atom stereocenters. The van der Waals surface area contributed by atoms with E-state index in [0.29, 0.717) is 31.2 Å². The van der Waals surface area contributed by atoms with Crippen molar-refractivity contribution in [3.05, 3.63) is 29.8 Å². The van der Waals surface area contributed by atoms with E-state index in [9.17, 15) is 4.79 Å². The molecule has 0 bridgehead atoms. The molecule has 0 radical (unpaired) electrons. The summed E-state index contributed by atoms with van der Waals surface area (Å²) in [5.41, 5.74) is 0.599. The van der Waals surface area contributed by atoms with Gasteiger partial charge in [-0.2, -0.15) is 0 Å². The molecule has 0 aliphatic carbocycles. The molecule has 1 aromatic carbocycles. The predicted octanol–water partition coefficient (Wildman–Crippen LogP) is 0.625. The fourth-order valence-corrected chi connectivity index (χ4v) is 1.92. The number of hydrogen-bond donors (Lipinski definition) is 3. The van der Waals surface area contributed by atoms with Crippen LogP contribution >= 0.6 is 0 Å². The number of rotatable bonds is 8. The van der Waals surface area contributed by atoms with Crippen LogP contribution in [0.5, 0.6) is 5.75 Å². The van der Waals surface area contributed by atoms with Gasteiger partial charge < -0.3 is 25.4 Å². The SMILES string of the molecule is CN=C(NCCNC(=O)c1ccc(OC)cc1)NC(C)COC. The number of carbonyl (C=O) groups is 1. The molecule has 1 amide bonds. The van der Waals surface area contributed by atoms with Crippen molar-refractivity contribution in [2.45, 2.75) is 13.0 Å². The molecular weight excluding hydrogens is 296 g/mol. The van der Waals surface area contributed by atoms with E-state index in [4.69, 9.17) is 9.47 Å². The minimum Gasteiger partial charge on any atom is -0.497 e. The normalized spacial score (nSPS) is 12.4. The maximum absolute atomic E-state index is 12.0. The lowest BCUT2D eigenvalue weighted by molar-refractivity contribution is 0.0954. The minimum absolute atomic E-state index is 0.120. The van der Waals surface area contributed by atoms with Crippen LogP contribution in [0.4, 0.5) is 0 Å². The first-order valence-corrected chi connectivity index (χ1v) is 7.49. The van der Waals surface area contributed by atoms with Crippen LogP contribution in [0.15, 0.2) is 29.3 Å². The molecule has 0 heterocycles. The summed E-state index contributed by atoms with van der Waals surface area (Å²) in [5.74, 6) is 1.28. The molecule has 0 saturated carbocycles. The molecule has 1 atom stereocenters. The van der Waals surface area contributed by atoms with E-state index in [0.717, 1.165) is 5.75 Å². The van der Waals surface area contributed by atoms with Crippen molar-refractivity contribution in [2.24, 2.45) is 4.99 Å². The lowest BCUT2D eigenvalue weighted by Crippen LogP contribution is -2.46. The first-order chi connectivity index (χ1) is 11.1. The fraction of sp³-hybridized carbons (Fsp3) is 0.500. The Morgan fingerprint density at radius 1 is 1.17 bits per heavy atom. The average molecular weight is 322 g/mol. The highest BCUT2D eigenvalue weighted by atomic mass is 16.5. The van der Waals surface area contributed by atoms with E-state index in [1.54, 1.807) is 45.5 Å². The Morgan fingerprint density at radius 2 is 1.83 bits per heavy atom. The van der Waals surface area contributed by atoms with E-state index in [1.807, 2.05) is 6.92 Å². The molecule has 0 aliphatic heterocycles. The minimum atomic E-state index is -0.120. The largest absolute Gasteiger partial charge is 0.497 e. The number of aliphatic imine (C=N–C) groups is 1. The summed E-state index contributed by atoms with van der Waals surface area (Å²) in [6.07, 6.45) is 0. The first kappa shape index (κ1) is 18.8. The Labute approximate surface area is 137 Å². The highest BCUT2D eigenvalue weighted by Gasteiger charge is 2.06. The van der Waals surface area contributed by atoms with Gasteiger partial charge in [-0.25, -0.2) is 0 Å². The van der Waals surface area contributed by atoms with Crippen LogP contribution in [0.1, 0.15) is 17.3 Å². The van der Waals surface area contributed by atoms with Crippen molar-refractivity contribution in [3.63, 3.8) is 0 Å². The monoisotopic (exact) mass is 322 g/mol. The van der Waals surface area contributed by atoms with Crippen LogP contribution in [0.25, 0.3) is 0 Å². The van der Waals surface area contributed by atoms with E-state index in [2.05, 4.69) is 20.9 Å². The van der Waals surface area contributed by atoms with Crippen LogP contribution in [0.2, 0.25) is 0 Å². The number of guanidine groups is 1. The van der Waals surface area contributed by atoms with Crippen LogP contribution in [0, 0.1) is 0 Å². The van der Waals surface area contributed by atoms with Gasteiger partial charge in [0.25, 0.3) is 5.91 Å². The van der Waals surface area contributed by atoms with E-state index < -0.39 is 0 Å². The molecule has 128 valence electrons. The molecule has 3 N–H and O–H groups in total. The highest BCUT2D eigenvalue weighted by molar-refractivity contribution is 5.94. The highest BCUT2D eigenvalue weighted by Crippen LogP contribution is 2.10. The molecule has 0 aromatic heterocycles. The smallest absolute Gasteiger partial charge is 0.251 e. The molecule has 23 heavy (non-hydrogen) atoms. The van der Waals surface area contributed by atoms with Crippen molar-refractivity contribution in [1.82, 2.24) is 16.0 Å². The second kappa shape index (κ2) is 10.4. The molecule has 0 saturated heterocycles. The summed E-state index contributed by atoms with van der Waals surface area (Å²) >= 11 is 0. The fourth-order valence-electron chi connectivity index (χ4n) is 1.92. The summed E-state index contributed by atoms with van der Waals surface area (Å²) in [6, 6.07) is 7.13. The molecule has 1 rings (SSSR count). The zero-order valence-corrected chi connectivity index (χ0v) is 14.2. The Kier molecular flexibility index (Phi) is 8.52. The number of hydrogen-bond acceptors (Lipinski definition) is 4. The maximum atomic E-state index is 12.0. The van der Waals surface area contributed by atoms with Gasteiger partial charge in [0.1, 0.15) is 5.75 Å². The summed E-state index contributed by atoms with van der Waals surface area (Å²) in [5, 5.41) is 9.16. The van der Waals surface area contributed by atoms with Crippen LogP contribution < -0.4 is 20.7 Å². The average Bonchev–Trinajstić information content (AvgIpc) is 2.57. The van der Waals surface area contributed by atoms with Crippen molar-refractivity contribution < 1.29 is 14.3 Å². The topological polar surface area (TPSA) is 84.0 Å². The number of methoxy groups -OCH3 is 2. The number of benzene rings is 1. The van der Waals surface area contributed by atoms with Gasteiger partial charge in [-0.15, -0.1) is 0 Å². The third-order valence-electron chi connectivity index (χ3n) is 3.08. The van der Waals surface area contributed by atoms with Crippen molar-refractivity contribution >= 4 is 11.9 Å². The van der Waals surface area contributed by atoms with Crippen LogP contribution in [-0.2, 0) is 4.74 Å². The maximum Gasteiger partial charge on any atom is 0.251 e. The summed E-state index contributed by atoms with van der Waals surface area (Å²) in [7, 11) is 4.95. The third kappa shape index (κ3) is 7.01. The molecule has 7 heteroatoms. The Morgan fingerprint density at radius 3 is 2.39 bits per heavy atom. The molecular formula is C16H26N4O3. The first-order valence-electron chi connectivity index (χ1n) is 7.49. The zero-order chi connectivity index (χ0) is 17.1. The van der Waals surface area contributed by atoms with E-state index >= 15 is 0 Å². The number of nitrogens with one attached hydrogen (secondary N) is 3. The molecule has 0 spiro atoms. The number of amides is 1. The lowest BCUT2D eigenvalue weighted by atomic mass is 10.2. The third-order valence-corrected chi connectivity index (χ3v) is 3.08. The molecule has 0 aliphatic rings. The van der Waals surface area contributed by atoms with Gasteiger partial charge >= 0.3 is 0 Å².